The first-order valence-corrected chi connectivity index (χ1v) is 7.32. The number of rotatable bonds is 2. The molecule has 5 heteroatoms. The van der Waals surface area contributed by atoms with E-state index in [0.717, 1.165) is 25.7 Å². The average Bonchev–Trinajstić information content (AvgIpc) is 2.62. The quantitative estimate of drug-likeness (QED) is 0.434. The summed E-state index contributed by atoms with van der Waals surface area (Å²) in [5.41, 5.74) is -0.349. The van der Waals surface area contributed by atoms with Crippen LogP contribution >= 0.6 is 22.6 Å². The molecule has 1 saturated heterocycles. The lowest BCUT2D eigenvalue weighted by Gasteiger charge is -2.36. The van der Waals surface area contributed by atoms with Gasteiger partial charge in [0.2, 0.25) is 0 Å². The van der Waals surface area contributed by atoms with E-state index in [2.05, 4.69) is 22.6 Å². The standard InChI is InChI=1S/C12H19IO4/c1-15-10(14)8-9(13)11(16-2)17-12(8)6-4-3-5-7-12/h8-9,11H,3-7H2,1-2H3/t8-,9+,11-/m1/s1. The Balaban J connectivity index is 2.25. The van der Waals surface area contributed by atoms with Crippen LogP contribution in [0, 0.1) is 5.92 Å². The Morgan fingerprint density at radius 1 is 1.29 bits per heavy atom. The molecule has 1 spiro atoms. The van der Waals surface area contributed by atoms with Crippen molar-refractivity contribution < 1.29 is 19.0 Å². The highest BCUT2D eigenvalue weighted by Crippen LogP contribution is 2.49. The molecular formula is C12H19IO4. The van der Waals surface area contributed by atoms with Crippen LogP contribution in [-0.4, -0.2) is 36.0 Å². The van der Waals surface area contributed by atoms with E-state index in [1.807, 2.05) is 0 Å². The first-order valence-electron chi connectivity index (χ1n) is 6.07. The van der Waals surface area contributed by atoms with Crippen LogP contribution < -0.4 is 0 Å². The number of halogens is 1. The van der Waals surface area contributed by atoms with E-state index in [-0.39, 0.29) is 27.7 Å². The van der Waals surface area contributed by atoms with Crippen molar-refractivity contribution in [3.63, 3.8) is 0 Å². The predicted octanol–water partition coefficient (Wildman–Crippen LogP) is 2.28. The highest BCUT2D eigenvalue weighted by Gasteiger charge is 2.58. The van der Waals surface area contributed by atoms with Crippen LogP contribution in [0.4, 0.5) is 0 Å². The van der Waals surface area contributed by atoms with Gasteiger partial charge >= 0.3 is 5.97 Å². The maximum Gasteiger partial charge on any atom is 0.312 e. The first-order chi connectivity index (χ1) is 8.14. The molecule has 0 bridgehead atoms. The molecular weight excluding hydrogens is 335 g/mol. The minimum atomic E-state index is -0.349. The maximum atomic E-state index is 12.0. The Labute approximate surface area is 116 Å². The Kier molecular flexibility index (Phi) is 4.31. The lowest BCUT2D eigenvalue weighted by molar-refractivity contribution is -0.176. The molecule has 0 aromatic carbocycles. The van der Waals surface area contributed by atoms with Gasteiger partial charge in [0.25, 0.3) is 0 Å². The average molecular weight is 354 g/mol. The summed E-state index contributed by atoms with van der Waals surface area (Å²) < 4.78 is 16.4. The summed E-state index contributed by atoms with van der Waals surface area (Å²) in [6.45, 7) is 0. The van der Waals surface area contributed by atoms with Gasteiger partial charge in [-0.1, -0.05) is 41.9 Å². The summed E-state index contributed by atoms with van der Waals surface area (Å²) in [6.07, 6.45) is 5.04. The highest BCUT2D eigenvalue weighted by molar-refractivity contribution is 14.1. The van der Waals surface area contributed by atoms with Gasteiger partial charge in [0.1, 0.15) is 5.92 Å². The summed E-state index contributed by atoms with van der Waals surface area (Å²) in [4.78, 5) is 12.0. The van der Waals surface area contributed by atoms with E-state index in [1.165, 1.54) is 13.5 Å². The lowest BCUT2D eigenvalue weighted by atomic mass is 9.76. The molecule has 1 aliphatic carbocycles. The molecule has 2 fully saturated rings. The van der Waals surface area contributed by atoms with E-state index in [0.29, 0.717) is 0 Å². The van der Waals surface area contributed by atoms with Crippen molar-refractivity contribution in [2.45, 2.75) is 47.9 Å². The molecule has 1 aliphatic heterocycles. The van der Waals surface area contributed by atoms with Crippen LogP contribution in [0.1, 0.15) is 32.1 Å². The van der Waals surface area contributed by atoms with Crippen molar-refractivity contribution >= 4 is 28.6 Å². The zero-order chi connectivity index (χ0) is 12.5. The second-order valence-electron chi connectivity index (χ2n) is 4.79. The fraction of sp³-hybridized carbons (Fsp3) is 0.917. The molecule has 0 aromatic rings. The molecule has 2 rings (SSSR count). The molecule has 1 saturated carbocycles. The molecule has 17 heavy (non-hydrogen) atoms. The van der Waals surface area contributed by atoms with Crippen molar-refractivity contribution in [2.24, 2.45) is 5.92 Å². The van der Waals surface area contributed by atoms with Gasteiger partial charge in [-0.3, -0.25) is 4.79 Å². The minimum absolute atomic E-state index is 0.0307. The Morgan fingerprint density at radius 3 is 2.47 bits per heavy atom. The monoisotopic (exact) mass is 354 g/mol. The van der Waals surface area contributed by atoms with Crippen LogP contribution in [0.3, 0.4) is 0 Å². The van der Waals surface area contributed by atoms with Gasteiger partial charge in [-0.25, -0.2) is 0 Å². The van der Waals surface area contributed by atoms with Crippen molar-refractivity contribution in [3.8, 4) is 0 Å². The molecule has 1 heterocycles. The van der Waals surface area contributed by atoms with Crippen LogP contribution in [0.5, 0.6) is 0 Å². The third kappa shape index (κ3) is 2.33. The predicted molar refractivity (Wildman–Crippen MR) is 71.0 cm³/mol. The summed E-state index contributed by atoms with van der Waals surface area (Å²) in [5.74, 6) is -0.357. The molecule has 98 valence electrons. The summed E-state index contributed by atoms with van der Waals surface area (Å²) in [7, 11) is 3.08. The fourth-order valence-corrected chi connectivity index (χ4v) is 4.44. The van der Waals surface area contributed by atoms with Crippen molar-refractivity contribution in [2.75, 3.05) is 14.2 Å². The number of carbonyl (C=O) groups excluding carboxylic acids is 1. The van der Waals surface area contributed by atoms with E-state index in [9.17, 15) is 4.79 Å². The molecule has 2 aliphatic rings. The van der Waals surface area contributed by atoms with Gasteiger partial charge in [0, 0.05) is 7.11 Å². The molecule has 4 nitrogen and oxygen atoms in total. The number of carbonyl (C=O) groups is 1. The van der Waals surface area contributed by atoms with Gasteiger partial charge in [-0.15, -0.1) is 0 Å². The van der Waals surface area contributed by atoms with E-state index >= 15 is 0 Å². The third-order valence-electron chi connectivity index (χ3n) is 3.88. The van der Waals surface area contributed by atoms with Gasteiger partial charge in [0.15, 0.2) is 6.29 Å². The number of methoxy groups -OCH3 is 2. The summed E-state index contributed by atoms with van der Waals surface area (Å²) in [5, 5.41) is 0. The van der Waals surface area contributed by atoms with Gasteiger partial charge in [0.05, 0.1) is 16.6 Å². The zero-order valence-electron chi connectivity index (χ0n) is 10.3. The Morgan fingerprint density at radius 2 is 1.94 bits per heavy atom. The summed E-state index contributed by atoms with van der Waals surface area (Å²) in [6, 6.07) is 0. The largest absolute Gasteiger partial charge is 0.469 e. The van der Waals surface area contributed by atoms with Gasteiger partial charge in [-0.05, 0) is 12.8 Å². The molecule has 0 aromatic heterocycles. The second kappa shape index (κ2) is 5.40. The molecule has 3 atom stereocenters. The minimum Gasteiger partial charge on any atom is -0.469 e. The molecule has 0 amide bonds. The zero-order valence-corrected chi connectivity index (χ0v) is 12.4. The van der Waals surface area contributed by atoms with E-state index in [4.69, 9.17) is 14.2 Å². The van der Waals surface area contributed by atoms with Crippen LogP contribution in [0.2, 0.25) is 0 Å². The second-order valence-corrected chi connectivity index (χ2v) is 6.23. The summed E-state index contributed by atoms with van der Waals surface area (Å²) >= 11 is 2.26. The van der Waals surface area contributed by atoms with E-state index in [1.54, 1.807) is 7.11 Å². The number of hydrogen-bond donors (Lipinski definition) is 0. The van der Waals surface area contributed by atoms with Gasteiger partial charge in [-0.2, -0.15) is 0 Å². The van der Waals surface area contributed by atoms with Crippen molar-refractivity contribution in [3.05, 3.63) is 0 Å². The third-order valence-corrected chi connectivity index (χ3v) is 5.19. The number of hydrogen-bond acceptors (Lipinski definition) is 4. The smallest absolute Gasteiger partial charge is 0.312 e. The fourth-order valence-electron chi connectivity index (χ4n) is 3.05. The van der Waals surface area contributed by atoms with Crippen LogP contribution in [-0.2, 0) is 19.0 Å². The molecule has 0 radical (unpaired) electrons. The Bertz CT molecular complexity index is 288. The SMILES string of the molecule is COC(=O)[C@H]1[C@H](I)[C@H](OC)OC12CCCCC2. The molecule has 0 N–H and O–H groups in total. The van der Waals surface area contributed by atoms with Crippen LogP contribution in [0.15, 0.2) is 0 Å². The highest BCUT2D eigenvalue weighted by atomic mass is 127. The number of ether oxygens (including phenoxy) is 3. The molecule has 0 unspecified atom stereocenters. The first kappa shape index (κ1) is 13.5. The maximum absolute atomic E-state index is 12.0. The number of esters is 1. The van der Waals surface area contributed by atoms with Crippen molar-refractivity contribution in [1.29, 1.82) is 0 Å². The van der Waals surface area contributed by atoms with Crippen LogP contribution in [0.25, 0.3) is 0 Å². The Hall–Kier alpha value is 0.120. The number of alkyl halides is 1. The van der Waals surface area contributed by atoms with E-state index < -0.39 is 0 Å². The van der Waals surface area contributed by atoms with Gasteiger partial charge < -0.3 is 14.2 Å². The normalized spacial score (nSPS) is 36.1. The lowest BCUT2D eigenvalue weighted by Crippen LogP contribution is -2.44. The van der Waals surface area contributed by atoms with Crippen molar-refractivity contribution in [1.82, 2.24) is 0 Å². The topological polar surface area (TPSA) is 44.8 Å².